The van der Waals surface area contributed by atoms with Gasteiger partial charge in [0.05, 0.1) is 6.42 Å². The zero-order chi connectivity index (χ0) is 51.8. The third-order valence-electron chi connectivity index (χ3n) is 8.05. The molecule has 2 N–H and O–H groups in total. The number of rotatable bonds is 21. The number of halogens is 34. The Labute approximate surface area is 320 Å². The maximum Gasteiger partial charge on any atom is 0.460 e. The lowest BCUT2D eigenvalue weighted by Gasteiger charge is -2.43. The largest absolute Gasteiger partial charge is 0.481 e. The summed E-state index contributed by atoms with van der Waals surface area (Å²) in [6.45, 7) is 0. The molecule has 0 aliphatic carbocycles. The number of aliphatic carboxylic acids is 2. The second-order valence-electron chi connectivity index (χ2n) is 12.3. The summed E-state index contributed by atoms with van der Waals surface area (Å²) in [6, 6.07) is 0. The number of hydrogen-bond donors (Lipinski definition) is 2. The molecule has 0 atom stereocenters. The van der Waals surface area contributed by atoms with Crippen LogP contribution in [-0.2, 0) is 9.59 Å². The van der Waals surface area contributed by atoms with E-state index < -0.39 is 150 Å². The zero-order valence-corrected chi connectivity index (χ0v) is 28.1. The highest BCUT2D eigenvalue weighted by molar-refractivity contribution is 5.88. The molecule has 0 aliphatic rings. The van der Waals surface area contributed by atoms with E-state index in [1.54, 1.807) is 0 Å². The van der Waals surface area contributed by atoms with E-state index in [9.17, 15) is 159 Å². The van der Waals surface area contributed by atoms with Crippen LogP contribution in [-0.4, -0.2) is 117 Å². The van der Waals surface area contributed by atoms with Crippen molar-refractivity contribution >= 4 is 11.9 Å². The van der Waals surface area contributed by atoms with Gasteiger partial charge in [0.15, 0.2) is 0 Å². The van der Waals surface area contributed by atoms with Crippen LogP contribution in [0.15, 0.2) is 11.1 Å². The van der Waals surface area contributed by atoms with E-state index in [0.717, 1.165) is 0 Å². The third kappa shape index (κ3) is 8.63. The van der Waals surface area contributed by atoms with Crippen LogP contribution in [0.5, 0.6) is 0 Å². The van der Waals surface area contributed by atoms with Gasteiger partial charge >= 0.3 is 107 Å². The Hall–Kier alpha value is -3.70. The molecule has 0 aromatic heterocycles. The van der Waals surface area contributed by atoms with Gasteiger partial charge in [-0.1, -0.05) is 0 Å². The molecule has 0 radical (unpaired) electrons. The quantitative estimate of drug-likeness (QED) is 0.0887. The summed E-state index contributed by atoms with van der Waals surface area (Å²) in [6.07, 6.45) is -32.8. The Balaban J connectivity index is 7.32. The van der Waals surface area contributed by atoms with E-state index in [4.69, 9.17) is 10.2 Å². The summed E-state index contributed by atoms with van der Waals surface area (Å²) in [4.78, 5) is 22.5. The number of hydrogen-bond acceptors (Lipinski definition) is 2. The first-order valence-electron chi connectivity index (χ1n) is 14.4. The molecule has 0 spiro atoms. The number of carboxylic acid groups (broad SMARTS) is 2. The van der Waals surface area contributed by atoms with Crippen molar-refractivity contribution in [2.45, 2.75) is 127 Å². The Morgan fingerprint density at radius 3 is 0.714 bits per heavy atom. The highest BCUT2D eigenvalue weighted by Crippen LogP contribution is 2.66. The van der Waals surface area contributed by atoms with Gasteiger partial charge in [0.1, 0.15) is 0 Å². The fourth-order valence-electron chi connectivity index (χ4n) is 4.26. The molecule has 0 aliphatic heterocycles. The van der Waals surface area contributed by atoms with Crippen LogP contribution in [0.3, 0.4) is 0 Å². The molecule has 0 fully saturated rings. The molecule has 4 nitrogen and oxygen atoms in total. The lowest BCUT2D eigenvalue weighted by atomic mass is 9.86. The van der Waals surface area contributed by atoms with Gasteiger partial charge < -0.3 is 10.2 Å². The van der Waals surface area contributed by atoms with Crippen molar-refractivity contribution in [1.29, 1.82) is 0 Å². The Bertz CT molecular complexity index is 1710. The second-order valence-corrected chi connectivity index (χ2v) is 12.3. The molecule has 38 heteroatoms. The molecule has 0 unspecified atom stereocenters. The second kappa shape index (κ2) is 16.0. The molecule has 0 heterocycles. The van der Waals surface area contributed by atoms with Crippen molar-refractivity contribution in [1.82, 2.24) is 0 Å². The van der Waals surface area contributed by atoms with Gasteiger partial charge in [0, 0.05) is 18.4 Å². The SMILES string of the molecule is O=C(O)CC(CCC(F)(F)C(F)(F)C(F)(F)C(F)(F)C(F)(F)C(F)(F)C(F)(F)C(F)(F)F)=C(CCC(F)(F)C(F)(F)C(F)(F)C(F)(F)C(F)(F)C(F)(F)C(F)(F)C(F)(F)F)C(=O)O. The van der Waals surface area contributed by atoms with E-state index in [1.807, 2.05) is 0 Å². The third-order valence-corrected chi connectivity index (χ3v) is 8.05. The minimum Gasteiger partial charge on any atom is -0.481 e. The maximum absolute atomic E-state index is 14.4. The summed E-state index contributed by atoms with van der Waals surface area (Å²) < 4.78 is 459. The van der Waals surface area contributed by atoms with Crippen LogP contribution in [0, 0.1) is 0 Å². The topological polar surface area (TPSA) is 74.6 Å². The van der Waals surface area contributed by atoms with Gasteiger partial charge in [0.25, 0.3) is 0 Å². The van der Waals surface area contributed by atoms with Gasteiger partial charge in [-0.25, -0.2) is 4.79 Å². The monoisotopic (exact) mass is 1020 g/mol. The summed E-state index contributed by atoms with van der Waals surface area (Å²) in [5.74, 6) is -129. The summed E-state index contributed by atoms with van der Waals surface area (Å²) in [5.41, 5.74) is -5.28. The van der Waals surface area contributed by atoms with Crippen LogP contribution in [0.4, 0.5) is 149 Å². The van der Waals surface area contributed by atoms with Crippen LogP contribution < -0.4 is 0 Å². The molecular weight excluding hydrogens is 1010 g/mol. The smallest absolute Gasteiger partial charge is 0.460 e. The van der Waals surface area contributed by atoms with Gasteiger partial charge in [-0.05, 0) is 18.4 Å². The highest BCUT2D eigenvalue weighted by Gasteiger charge is 2.97. The Morgan fingerprint density at radius 1 is 0.302 bits per heavy atom. The van der Waals surface area contributed by atoms with Gasteiger partial charge in [-0.2, -0.15) is 149 Å². The zero-order valence-electron chi connectivity index (χ0n) is 28.1. The Kier molecular flexibility index (Phi) is 15.1. The molecule has 0 bridgehead atoms. The first-order valence-corrected chi connectivity index (χ1v) is 14.4. The van der Waals surface area contributed by atoms with Crippen molar-refractivity contribution in [2.75, 3.05) is 0 Å². The van der Waals surface area contributed by atoms with Crippen molar-refractivity contribution < 1.29 is 169 Å². The molecule has 374 valence electrons. The predicted octanol–water partition coefficient (Wildman–Crippen LogP) is 12.4. The summed E-state index contributed by atoms with van der Waals surface area (Å²) in [5, 5.41) is 17.8. The summed E-state index contributed by atoms with van der Waals surface area (Å²) >= 11 is 0. The molecule has 0 amide bonds. The van der Waals surface area contributed by atoms with Crippen LogP contribution >= 0.6 is 0 Å². The molecule has 0 saturated carbocycles. The highest BCUT2D eigenvalue weighted by atomic mass is 19.4. The van der Waals surface area contributed by atoms with E-state index in [1.165, 1.54) is 0 Å². The van der Waals surface area contributed by atoms with Gasteiger partial charge in [-0.15, -0.1) is 0 Å². The fourth-order valence-corrected chi connectivity index (χ4v) is 4.26. The lowest BCUT2D eigenvalue weighted by molar-refractivity contribution is -0.461. The minimum absolute atomic E-state index is 2.50. The van der Waals surface area contributed by atoms with Crippen molar-refractivity contribution in [2.24, 2.45) is 0 Å². The number of alkyl halides is 34. The minimum atomic E-state index is -9.22. The first kappa shape index (κ1) is 59.3. The van der Waals surface area contributed by atoms with E-state index >= 15 is 0 Å². The molecule has 0 aromatic carbocycles. The molecule has 0 aromatic rings. The molecule has 63 heavy (non-hydrogen) atoms. The van der Waals surface area contributed by atoms with Crippen molar-refractivity contribution in [3.8, 4) is 0 Å². The van der Waals surface area contributed by atoms with E-state index in [0.29, 0.717) is 0 Å². The van der Waals surface area contributed by atoms with E-state index in [-0.39, 0.29) is 0 Å². The first-order chi connectivity index (χ1) is 26.8. The lowest BCUT2D eigenvalue weighted by Crippen LogP contribution is -2.74. The van der Waals surface area contributed by atoms with Crippen molar-refractivity contribution in [3.63, 3.8) is 0 Å². The number of carboxylic acids is 2. The standard InChI is InChI=1S/C25H12F34O4/c26-10(27,12(30,31)14(34,35)16(38,39)18(42,43)20(46,47)22(50,51)24(54,55)56)3-1-6(5-8(60)61)7(9(62)63)2-4-11(28,29)13(32,33)15(36,37)17(40,41)19(44,45)21(48,49)23(52,53)25(57,58)59/h1-5H2,(H,60,61)(H,62,63). The average molecular weight is 1020 g/mol. The van der Waals surface area contributed by atoms with Crippen LogP contribution in [0.1, 0.15) is 32.1 Å². The number of carbonyl (C=O) groups is 2. The normalized spacial score (nSPS) is 16.6. The predicted molar refractivity (Wildman–Crippen MR) is 127 cm³/mol. The van der Waals surface area contributed by atoms with Gasteiger partial charge in [0.2, 0.25) is 0 Å². The van der Waals surface area contributed by atoms with Crippen molar-refractivity contribution in [3.05, 3.63) is 11.1 Å². The van der Waals surface area contributed by atoms with Gasteiger partial charge in [-0.3, -0.25) is 4.79 Å². The fraction of sp³-hybridized carbons (Fsp3) is 0.840. The van der Waals surface area contributed by atoms with E-state index in [2.05, 4.69) is 0 Å². The maximum atomic E-state index is 14.4. The molecule has 0 rings (SSSR count). The molecular formula is C25H12F34O4. The average Bonchev–Trinajstić information content (AvgIpc) is 3.04. The van der Waals surface area contributed by atoms with Crippen LogP contribution in [0.25, 0.3) is 0 Å². The molecule has 0 saturated heterocycles. The summed E-state index contributed by atoms with van der Waals surface area (Å²) in [7, 11) is 0. The Morgan fingerprint density at radius 2 is 0.508 bits per heavy atom. The van der Waals surface area contributed by atoms with Crippen LogP contribution in [0.2, 0.25) is 0 Å².